The summed E-state index contributed by atoms with van der Waals surface area (Å²) in [6, 6.07) is 9.58. The minimum atomic E-state index is 0.259. The number of hydrogen-bond acceptors (Lipinski definition) is 2. The fourth-order valence-electron chi connectivity index (χ4n) is 2.61. The summed E-state index contributed by atoms with van der Waals surface area (Å²) < 4.78 is 0. The Morgan fingerprint density at radius 2 is 2.22 bits per heavy atom. The summed E-state index contributed by atoms with van der Waals surface area (Å²) in [6.45, 7) is 0. The van der Waals surface area contributed by atoms with E-state index in [4.69, 9.17) is 11.6 Å². The normalized spacial score (nSPS) is 17.5. The van der Waals surface area contributed by atoms with Crippen molar-refractivity contribution in [3.8, 4) is 0 Å². The first-order valence-electron chi connectivity index (χ1n) is 5.98. The van der Waals surface area contributed by atoms with Crippen LogP contribution in [-0.4, -0.2) is 11.3 Å². The van der Waals surface area contributed by atoms with Crippen LogP contribution in [0.4, 0.5) is 0 Å². The largest absolute Gasteiger partial charge is 0.298 e. The first-order chi connectivity index (χ1) is 8.79. The van der Waals surface area contributed by atoms with Crippen molar-refractivity contribution in [3.63, 3.8) is 0 Å². The molecule has 0 radical (unpaired) electrons. The van der Waals surface area contributed by atoms with E-state index >= 15 is 0 Å². The first-order valence-corrected chi connectivity index (χ1v) is 6.36. The summed E-state index contributed by atoms with van der Waals surface area (Å²) in [7, 11) is 0. The molecule has 0 fully saturated rings. The maximum absolute atomic E-state index is 10.7. The van der Waals surface area contributed by atoms with Crippen LogP contribution < -0.4 is 0 Å². The van der Waals surface area contributed by atoms with Crippen LogP contribution >= 0.6 is 11.6 Å². The molecule has 1 heterocycles. The minimum absolute atomic E-state index is 0.259. The van der Waals surface area contributed by atoms with Gasteiger partial charge in [0.2, 0.25) is 0 Å². The average molecular weight is 258 g/mol. The van der Waals surface area contributed by atoms with Gasteiger partial charge in [0.1, 0.15) is 6.29 Å². The van der Waals surface area contributed by atoms with E-state index in [0.717, 1.165) is 30.4 Å². The van der Waals surface area contributed by atoms with Gasteiger partial charge in [-0.2, -0.15) is 0 Å². The molecule has 1 aliphatic rings. The number of nitrogens with zero attached hydrogens (tertiary/aromatic N) is 1. The molecule has 0 spiro atoms. The minimum Gasteiger partial charge on any atom is -0.298 e. The van der Waals surface area contributed by atoms with E-state index in [-0.39, 0.29) is 5.92 Å². The maximum Gasteiger partial charge on any atom is 0.150 e. The summed E-state index contributed by atoms with van der Waals surface area (Å²) in [4.78, 5) is 15.2. The first kappa shape index (κ1) is 11.4. The molecule has 0 saturated carbocycles. The van der Waals surface area contributed by atoms with Gasteiger partial charge in [-0.1, -0.05) is 29.8 Å². The van der Waals surface area contributed by atoms with Crippen molar-refractivity contribution in [1.29, 1.82) is 0 Å². The van der Waals surface area contributed by atoms with E-state index in [2.05, 4.69) is 11.1 Å². The molecule has 1 unspecified atom stereocenters. The van der Waals surface area contributed by atoms with E-state index in [1.807, 2.05) is 24.4 Å². The van der Waals surface area contributed by atoms with Crippen LogP contribution in [0.3, 0.4) is 0 Å². The van der Waals surface area contributed by atoms with Crippen LogP contribution in [0.15, 0.2) is 36.5 Å². The summed E-state index contributed by atoms with van der Waals surface area (Å²) in [5, 5.41) is 0.656. The van der Waals surface area contributed by atoms with E-state index in [1.54, 1.807) is 6.07 Å². The van der Waals surface area contributed by atoms with Crippen LogP contribution in [0.5, 0.6) is 0 Å². The Labute approximate surface area is 111 Å². The van der Waals surface area contributed by atoms with Gasteiger partial charge in [0.25, 0.3) is 0 Å². The topological polar surface area (TPSA) is 30.0 Å². The molecule has 0 bridgehead atoms. The molecular formula is C15H12ClNO. The summed E-state index contributed by atoms with van der Waals surface area (Å²) in [5.74, 6) is 0.259. The number of aromatic nitrogens is 1. The van der Waals surface area contributed by atoms with Gasteiger partial charge in [-0.3, -0.25) is 9.78 Å². The number of aldehydes is 1. The summed E-state index contributed by atoms with van der Waals surface area (Å²) in [5.41, 5.74) is 4.11. The molecule has 2 nitrogen and oxygen atoms in total. The molecule has 90 valence electrons. The van der Waals surface area contributed by atoms with Crippen molar-refractivity contribution in [3.05, 3.63) is 63.9 Å². The van der Waals surface area contributed by atoms with Crippen molar-refractivity contribution >= 4 is 17.9 Å². The van der Waals surface area contributed by atoms with Crippen LogP contribution in [0.25, 0.3) is 0 Å². The van der Waals surface area contributed by atoms with Gasteiger partial charge >= 0.3 is 0 Å². The fraction of sp³-hybridized carbons (Fsp3) is 0.200. The van der Waals surface area contributed by atoms with E-state index in [0.29, 0.717) is 10.6 Å². The predicted octanol–water partition coefficient (Wildman–Crippen LogP) is 3.63. The number of carbonyl (C=O) groups is 1. The van der Waals surface area contributed by atoms with Crippen molar-refractivity contribution in [2.24, 2.45) is 0 Å². The Balaban J connectivity index is 2.05. The quantitative estimate of drug-likeness (QED) is 0.769. The van der Waals surface area contributed by atoms with Gasteiger partial charge < -0.3 is 0 Å². The highest BCUT2D eigenvalue weighted by molar-refractivity contribution is 6.31. The Bertz CT molecular complexity index is 609. The van der Waals surface area contributed by atoms with Crippen molar-refractivity contribution < 1.29 is 4.79 Å². The highest BCUT2D eigenvalue weighted by atomic mass is 35.5. The van der Waals surface area contributed by atoms with Crippen LogP contribution in [-0.2, 0) is 6.42 Å². The summed E-state index contributed by atoms with van der Waals surface area (Å²) >= 11 is 6.27. The third kappa shape index (κ3) is 1.83. The number of aryl methyl sites for hydroxylation is 1. The second-order valence-electron chi connectivity index (χ2n) is 4.54. The van der Waals surface area contributed by atoms with E-state index < -0.39 is 0 Å². The van der Waals surface area contributed by atoms with Gasteiger partial charge in [-0.05, 0) is 36.1 Å². The lowest BCUT2D eigenvalue weighted by Crippen LogP contribution is -2.00. The second kappa shape index (κ2) is 4.54. The van der Waals surface area contributed by atoms with Crippen LogP contribution in [0.1, 0.15) is 39.5 Å². The maximum atomic E-state index is 10.7. The molecule has 1 atom stereocenters. The number of benzene rings is 1. The molecule has 1 aliphatic carbocycles. The number of hydrogen-bond donors (Lipinski definition) is 0. The summed E-state index contributed by atoms with van der Waals surface area (Å²) in [6.07, 6.45) is 4.72. The lowest BCUT2D eigenvalue weighted by atomic mass is 9.95. The second-order valence-corrected chi connectivity index (χ2v) is 4.95. The zero-order chi connectivity index (χ0) is 12.5. The Morgan fingerprint density at radius 1 is 1.33 bits per heavy atom. The number of fused-ring (bicyclic) bond motifs is 1. The molecule has 0 amide bonds. The number of pyridine rings is 1. The van der Waals surface area contributed by atoms with Crippen molar-refractivity contribution in [2.45, 2.75) is 18.8 Å². The third-order valence-electron chi connectivity index (χ3n) is 3.49. The average Bonchev–Trinajstić information content (AvgIpc) is 2.82. The van der Waals surface area contributed by atoms with Crippen LogP contribution in [0.2, 0.25) is 5.02 Å². The van der Waals surface area contributed by atoms with Crippen LogP contribution in [0, 0.1) is 0 Å². The zero-order valence-corrected chi connectivity index (χ0v) is 10.5. The van der Waals surface area contributed by atoms with Gasteiger partial charge in [-0.15, -0.1) is 0 Å². The van der Waals surface area contributed by atoms with Gasteiger partial charge in [0.05, 0.1) is 5.69 Å². The predicted molar refractivity (Wildman–Crippen MR) is 71.2 cm³/mol. The highest BCUT2D eigenvalue weighted by Gasteiger charge is 2.26. The molecule has 3 heteroatoms. The van der Waals surface area contributed by atoms with Crippen molar-refractivity contribution in [2.75, 3.05) is 0 Å². The Kier molecular flexibility index (Phi) is 2.88. The molecule has 18 heavy (non-hydrogen) atoms. The monoisotopic (exact) mass is 257 g/mol. The van der Waals surface area contributed by atoms with Gasteiger partial charge in [0.15, 0.2) is 0 Å². The molecular weight excluding hydrogens is 246 g/mol. The van der Waals surface area contributed by atoms with E-state index in [9.17, 15) is 4.79 Å². The standard InChI is InChI=1S/C15H12ClNO/c16-14-8-10(9-18)3-5-12(14)13-6-4-11-2-1-7-17-15(11)13/h1-3,5,7-9,13H,4,6H2. The lowest BCUT2D eigenvalue weighted by Gasteiger charge is -2.13. The molecule has 3 rings (SSSR count). The fourth-order valence-corrected chi connectivity index (χ4v) is 2.94. The number of carbonyl (C=O) groups excluding carboxylic acids is 1. The van der Waals surface area contributed by atoms with E-state index in [1.165, 1.54) is 5.56 Å². The smallest absolute Gasteiger partial charge is 0.150 e. The Morgan fingerprint density at radius 3 is 3.00 bits per heavy atom. The Hall–Kier alpha value is -1.67. The molecule has 0 saturated heterocycles. The van der Waals surface area contributed by atoms with Gasteiger partial charge in [0, 0.05) is 22.7 Å². The van der Waals surface area contributed by atoms with Gasteiger partial charge in [-0.25, -0.2) is 0 Å². The highest BCUT2D eigenvalue weighted by Crippen LogP contribution is 2.39. The molecule has 2 aromatic rings. The molecule has 1 aromatic carbocycles. The molecule has 0 aliphatic heterocycles. The zero-order valence-electron chi connectivity index (χ0n) is 9.77. The number of halogens is 1. The third-order valence-corrected chi connectivity index (χ3v) is 3.82. The molecule has 0 N–H and O–H groups in total. The van der Waals surface area contributed by atoms with Crippen molar-refractivity contribution in [1.82, 2.24) is 4.98 Å². The SMILES string of the molecule is O=Cc1ccc(C2CCc3cccnc32)c(Cl)c1. The number of rotatable bonds is 2. The lowest BCUT2D eigenvalue weighted by molar-refractivity contribution is 0.112. The molecule has 1 aromatic heterocycles.